The van der Waals surface area contributed by atoms with Crippen LogP contribution in [0.5, 0.6) is 0 Å². The van der Waals surface area contributed by atoms with E-state index in [1.165, 1.54) is 0 Å². The van der Waals surface area contributed by atoms with Gasteiger partial charge >= 0.3 is 0 Å². The minimum absolute atomic E-state index is 0.177. The highest BCUT2D eigenvalue weighted by atomic mass is 35.5. The van der Waals surface area contributed by atoms with Gasteiger partial charge in [-0.15, -0.1) is 0 Å². The highest BCUT2D eigenvalue weighted by molar-refractivity contribution is 6.34. The van der Waals surface area contributed by atoms with Gasteiger partial charge in [0.15, 0.2) is 0 Å². The first-order chi connectivity index (χ1) is 9.51. The number of hydrogen-bond donors (Lipinski definition) is 2. The predicted molar refractivity (Wildman–Crippen MR) is 84.9 cm³/mol. The fraction of sp³-hybridized carbons (Fsp3) is 0.188. The average molecular weight is 289 g/mol. The summed E-state index contributed by atoms with van der Waals surface area (Å²) < 4.78 is 0. The van der Waals surface area contributed by atoms with E-state index in [4.69, 9.17) is 11.6 Å². The number of carbonyl (C=O) groups is 1. The fourth-order valence-electron chi connectivity index (χ4n) is 1.98. The fourth-order valence-corrected chi connectivity index (χ4v) is 2.26. The monoisotopic (exact) mass is 288 g/mol. The van der Waals surface area contributed by atoms with Gasteiger partial charge in [-0.2, -0.15) is 0 Å². The van der Waals surface area contributed by atoms with Gasteiger partial charge in [0.2, 0.25) is 0 Å². The molecule has 0 radical (unpaired) electrons. The summed E-state index contributed by atoms with van der Waals surface area (Å²) in [6, 6.07) is 11.2. The molecule has 0 saturated carbocycles. The number of benzene rings is 2. The molecule has 0 atom stereocenters. The summed E-state index contributed by atoms with van der Waals surface area (Å²) in [7, 11) is 1.79. The molecule has 20 heavy (non-hydrogen) atoms. The van der Waals surface area contributed by atoms with Crippen LogP contribution in [-0.4, -0.2) is 13.0 Å². The second kappa shape index (κ2) is 5.97. The number of nitrogens with one attached hydrogen (secondary N) is 2. The maximum absolute atomic E-state index is 12.4. The van der Waals surface area contributed by atoms with Gasteiger partial charge in [0.1, 0.15) is 0 Å². The van der Waals surface area contributed by atoms with E-state index in [0.717, 1.165) is 16.8 Å². The van der Waals surface area contributed by atoms with E-state index in [2.05, 4.69) is 10.6 Å². The van der Waals surface area contributed by atoms with Gasteiger partial charge in [0.25, 0.3) is 5.91 Å². The first-order valence-electron chi connectivity index (χ1n) is 6.37. The molecule has 0 spiro atoms. The Morgan fingerprint density at radius 2 is 1.60 bits per heavy atom. The normalized spacial score (nSPS) is 10.2. The van der Waals surface area contributed by atoms with Crippen molar-refractivity contribution in [2.45, 2.75) is 13.8 Å². The third-order valence-electron chi connectivity index (χ3n) is 3.06. The highest BCUT2D eigenvalue weighted by Gasteiger charge is 2.12. The van der Waals surface area contributed by atoms with Crippen molar-refractivity contribution >= 4 is 28.9 Å². The molecule has 2 N–H and O–H groups in total. The molecule has 0 aromatic heterocycles. The molecule has 0 aliphatic carbocycles. The number of amides is 1. The second-order valence-electron chi connectivity index (χ2n) is 4.74. The Labute approximate surface area is 124 Å². The van der Waals surface area contributed by atoms with Crippen molar-refractivity contribution in [3.05, 3.63) is 58.1 Å². The molecule has 0 aliphatic heterocycles. The molecule has 104 valence electrons. The summed E-state index contributed by atoms with van der Waals surface area (Å²) in [4.78, 5) is 12.4. The lowest BCUT2D eigenvalue weighted by molar-refractivity contribution is 0.102. The van der Waals surface area contributed by atoms with Crippen LogP contribution in [-0.2, 0) is 0 Å². The molecule has 2 rings (SSSR count). The van der Waals surface area contributed by atoms with E-state index in [0.29, 0.717) is 16.3 Å². The SMILES string of the molecule is CNc1ccc(C)cc1C(=O)Nc1ccc(C)cc1Cl. The molecule has 4 heteroatoms. The molecule has 0 heterocycles. The Hall–Kier alpha value is -2.00. The highest BCUT2D eigenvalue weighted by Crippen LogP contribution is 2.25. The number of aryl methyl sites for hydroxylation is 2. The second-order valence-corrected chi connectivity index (χ2v) is 5.14. The Morgan fingerprint density at radius 3 is 2.20 bits per heavy atom. The average Bonchev–Trinajstić information content (AvgIpc) is 2.41. The van der Waals surface area contributed by atoms with Crippen molar-refractivity contribution < 1.29 is 4.79 Å². The van der Waals surface area contributed by atoms with Gasteiger partial charge in [-0.05, 0) is 43.7 Å². The van der Waals surface area contributed by atoms with Crippen molar-refractivity contribution in [1.82, 2.24) is 0 Å². The standard InChI is InChI=1S/C16H17ClN2O/c1-10-4-6-14(18-3)12(8-10)16(20)19-15-7-5-11(2)9-13(15)17/h4-9,18H,1-3H3,(H,19,20). The zero-order valence-electron chi connectivity index (χ0n) is 11.8. The quantitative estimate of drug-likeness (QED) is 0.886. The summed E-state index contributed by atoms with van der Waals surface area (Å²) in [5.41, 5.74) is 4.09. The number of rotatable bonds is 3. The Morgan fingerprint density at radius 1 is 1.00 bits per heavy atom. The molecule has 0 bridgehead atoms. The van der Waals surface area contributed by atoms with Crippen LogP contribution in [0.3, 0.4) is 0 Å². The maximum atomic E-state index is 12.4. The zero-order chi connectivity index (χ0) is 14.7. The van der Waals surface area contributed by atoms with Crippen LogP contribution in [0.15, 0.2) is 36.4 Å². The first kappa shape index (κ1) is 14.4. The van der Waals surface area contributed by atoms with Gasteiger partial charge in [-0.25, -0.2) is 0 Å². The molecule has 0 unspecified atom stereocenters. The summed E-state index contributed by atoms with van der Waals surface area (Å²) in [5, 5.41) is 6.40. The van der Waals surface area contributed by atoms with Crippen molar-refractivity contribution in [2.24, 2.45) is 0 Å². The molecule has 0 aliphatic rings. The first-order valence-corrected chi connectivity index (χ1v) is 6.75. The van der Waals surface area contributed by atoms with Crippen LogP contribution in [0.1, 0.15) is 21.5 Å². The van der Waals surface area contributed by atoms with Gasteiger partial charge in [0.05, 0.1) is 16.3 Å². The van der Waals surface area contributed by atoms with Crippen LogP contribution < -0.4 is 10.6 Å². The van der Waals surface area contributed by atoms with Gasteiger partial charge in [-0.1, -0.05) is 29.3 Å². The van der Waals surface area contributed by atoms with Crippen molar-refractivity contribution in [2.75, 3.05) is 17.7 Å². The minimum Gasteiger partial charge on any atom is -0.387 e. The third-order valence-corrected chi connectivity index (χ3v) is 3.37. The van der Waals surface area contributed by atoms with Crippen molar-refractivity contribution in [3.63, 3.8) is 0 Å². The topological polar surface area (TPSA) is 41.1 Å². The van der Waals surface area contributed by atoms with Crippen LogP contribution >= 0.6 is 11.6 Å². The van der Waals surface area contributed by atoms with Crippen LogP contribution in [0.2, 0.25) is 5.02 Å². The summed E-state index contributed by atoms with van der Waals surface area (Å²) in [6.07, 6.45) is 0. The van der Waals surface area contributed by atoms with Gasteiger partial charge in [-0.3, -0.25) is 4.79 Å². The van der Waals surface area contributed by atoms with Crippen LogP contribution in [0, 0.1) is 13.8 Å². The molecule has 1 amide bonds. The van der Waals surface area contributed by atoms with E-state index in [1.807, 2.05) is 50.2 Å². The minimum atomic E-state index is -0.177. The lowest BCUT2D eigenvalue weighted by atomic mass is 10.1. The maximum Gasteiger partial charge on any atom is 0.257 e. The van der Waals surface area contributed by atoms with E-state index in [-0.39, 0.29) is 5.91 Å². The molecule has 2 aromatic carbocycles. The zero-order valence-corrected chi connectivity index (χ0v) is 12.5. The van der Waals surface area contributed by atoms with Crippen molar-refractivity contribution in [1.29, 1.82) is 0 Å². The molecular formula is C16H17ClN2O. The lowest BCUT2D eigenvalue weighted by Gasteiger charge is -2.12. The number of hydrogen-bond acceptors (Lipinski definition) is 2. The summed E-state index contributed by atoms with van der Waals surface area (Å²) >= 11 is 6.14. The number of anilines is 2. The number of carbonyl (C=O) groups excluding carboxylic acids is 1. The molecule has 2 aromatic rings. The van der Waals surface area contributed by atoms with Crippen LogP contribution in [0.4, 0.5) is 11.4 Å². The lowest BCUT2D eigenvalue weighted by Crippen LogP contribution is -2.14. The summed E-state index contributed by atoms with van der Waals surface area (Å²) in [6.45, 7) is 3.91. The molecule has 0 fully saturated rings. The Bertz CT molecular complexity index is 653. The summed E-state index contributed by atoms with van der Waals surface area (Å²) in [5.74, 6) is -0.177. The third kappa shape index (κ3) is 3.11. The largest absolute Gasteiger partial charge is 0.387 e. The Kier molecular flexibility index (Phi) is 4.30. The Balaban J connectivity index is 2.30. The molecular weight excluding hydrogens is 272 g/mol. The van der Waals surface area contributed by atoms with E-state index >= 15 is 0 Å². The van der Waals surface area contributed by atoms with E-state index in [9.17, 15) is 4.79 Å². The van der Waals surface area contributed by atoms with E-state index in [1.54, 1.807) is 7.05 Å². The van der Waals surface area contributed by atoms with Gasteiger partial charge in [0, 0.05) is 12.7 Å². The van der Waals surface area contributed by atoms with Gasteiger partial charge < -0.3 is 10.6 Å². The van der Waals surface area contributed by atoms with Crippen LogP contribution in [0.25, 0.3) is 0 Å². The molecule has 3 nitrogen and oxygen atoms in total. The smallest absolute Gasteiger partial charge is 0.257 e. The van der Waals surface area contributed by atoms with E-state index < -0.39 is 0 Å². The van der Waals surface area contributed by atoms with Crippen molar-refractivity contribution in [3.8, 4) is 0 Å². The molecule has 0 saturated heterocycles. The predicted octanol–water partition coefficient (Wildman–Crippen LogP) is 4.25. The number of halogens is 1.